The minimum absolute atomic E-state index is 0.00254. The highest BCUT2D eigenvalue weighted by Gasteiger charge is 2.38. The normalized spacial score (nSPS) is 21.9. The molecule has 0 amide bonds. The lowest BCUT2D eigenvalue weighted by molar-refractivity contribution is -0.0644. The van der Waals surface area contributed by atoms with Gasteiger partial charge >= 0.3 is 19.9 Å². The number of aliphatic hydroxyl groups is 1. The first-order chi connectivity index (χ1) is 21.4. The smallest absolute Gasteiger partial charge is 0.432 e. The Balaban J connectivity index is 1.34. The lowest BCUT2D eigenvalue weighted by atomic mass is 10.2. The number of ether oxygens (including phenoxy) is 7. The fraction of sp³-hybridized carbons (Fsp3) is 0.720. The second-order valence-corrected chi connectivity index (χ2v) is 12.9. The fourth-order valence-electron chi connectivity index (χ4n) is 4.23. The van der Waals surface area contributed by atoms with Gasteiger partial charge in [0.25, 0.3) is 0 Å². The number of halogens is 1. The van der Waals surface area contributed by atoms with Crippen molar-refractivity contribution in [1.82, 2.24) is 19.7 Å². The van der Waals surface area contributed by atoms with Crippen molar-refractivity contribution in [2.75, 3.05) is 45.1 Å². The minimum Gasteiger partial charge on any atom is -0.432 e. The molecule has 0 spiro atoms. The van der Waals surface area contributed by atoms with Crippen LogP contribution in [-0.2, 0) is 46.8 Å². The van der Waals surface area contributed by atoms with Crippen LogP contribution in [0.4, 0.5) is 15.4 Å². The summed E-state index contributed by atoms with van der Waals surface area (Å²) in [6.07, 6.45) is -3.79. The Bertz CT molecular complexity index is 1310. The van der Waals surface area contributed by atoms with Crippen LogP contribution in [0, 0.1) is 0 Å². The van der Waals surface area contributed by atoms with E-state index in [1.54, 1.807) is 33.9 Å². The van der Waals surface area contributed by atoms with E-state index < -0.39 is 70.5 Å². The zero-order chi connectivity index (χ0) is 32.6. The molecule has 0 radical (unpaired) electrons. The van der Waals surface area contributed by atoms with E-state index in [1.807, 2.05) is 0 Å². The van der Waals surface area contributed by atoms with Crippen molar-refractivity contribution >= 4 is 48.4 Å². The SMILES string of the molecule is CC(C)OC(=O)OCOP(=O)(COC[C@H]1O[C@@H](n2ncc3c(NC4CCOC4)nc(Cl)nc32)C[C@@H]1O)OCOC(=O)OC(C)C. The highest BCUT2D eigenvalue weighted by atomic mass is 35.5. The van der Waals surface area contributed by atoms with E-state index in [0.29, 0.717) is 30.1 Å². The van der Waals surface area contributed by atoms with Crippen LogP contribution in [0.3, 0.4) is 0 Å². The number of aromatic nitrogens is 4. The van der Waals surface area contributed by atoms with Crippen LogP contribution in [0.2, 0.25) is 5.28 Å². The summed E-state index contributed by atoms with van der Waals surface area (Å²) in [5, 5.41) is 19.0. The van der Waals surface area contributed by atoms with Gasteiger partial charge in [0.2, 0.25) is 18.9 Å². The Morgan fingerprint density at radius 2 is 1.80 bits per heavy atom. The van der Waals surface area contributed by atoms with Crippen LogP contribution in [0.25, 0.3) is 11.0 Å². The lowest BCUT2D eigenvalue weighted by Gasteiger charge is -2.20. The molecule has 2 saturated heterocycles. The van der Waals surface area contributed by atoms with Gasteiger partial charge in [0.05, 0.1) is 49.2 Å². The molecule has 0 saturated carbocycles. The first-order valence-electron chi connectivity index (χ1n) is 14.1. The first kappa shape index (κ1) is 35.0. The van der Waals surface area contributed by atoms with E-state index >= 15 is 0 Å². The predicted octanol–water partition coefficient (Wildman–Crippen LogP) is 3.57. The summed E-state index contributed by atoms with van der Waals surface area (Å²) in [4.78, 5) is 31.9. The number of carbonyl (C=O) groups is 2. The van der Waals surface area contributed by atoms with Gasteiger partial charge in [0.15, 0.2) is 11.9 Å². The first-order valence-corrected chi connectivity index (χ1v) is 16.2. The van der Waals surface area contributed by atoms with Crippen LogP contribution < -0.4 is 5.32 Å². The van der Waals surface area contributed by atoms with Gasteiger partial charge in [-0.05, 0) is 45.7 Å². The highest BCUT2D eigenvalue weighted by molar-refractivity contribution is 7.53. The Kier molecular flexibility index (Phi) is 12.6. The van der Waals surface area contributed by atoms with E-state index in [4.69, 9.17) is 53.8 Å². The maximum atomic E-state index is 13.3. The number of nitrogens with zero attached hydrogens (tertiary/aromatic N) is 4. The third-order valence-corrected chi connectivity index (χ3v) is 7.89. The molecule has 4 heterocycles. The van der Waals surface area contributed by atoms with Gasteiger partial charge in [0.1, 0.15) is 18.3 Å². The van der Waals surface area contributed by atoms with E-state index in [2.05, 4.69) is 20.4 Å². The molecule has 4 atom stereocenters. The number of anilines is 1. The van der Waals surface area contributed by atoms with E-state index in [-0.39, 0.29) is 24.4 Å². The summed E-state index contributed by atoms with van der Waals surface area (Å²) in [6, 6.07) is 0.0679. The number of hydrogen-bond acceptors (Lipinski definition) is 17. The van der Waals surface area contributed by atoms with Crippen molar-refractivity contribution in [3.8, 4) is 0 Å². The largest absolute Gasteiger partial charge is 0.510 e. The van der Waals surface area contributed by atoms with Crippen molar-refractivity contribution in [3.63, 3.8) is 0 Å². The van der Waals surface area contributed by atoms with Crippen LogP contribution >= 0.6 is 19.2 Å². The van der Waals surface area contributed by atoms with Crippen LogP contribution in [0.15, 0.2) is 6.20 Å². The summed E-state index contributed by atoms with van der Waals surface area (Å²) in [6.45, 7) is 5.76. The standard InChI is InChI=1S/C25H37ClN5O13P/c1-14(2)42-24(33)38-11-40-45(35,41-12-39-25(34)43-15(3)4)13-37-10-19-18(32)7-20(44-19)31-22-17(8-27-31)21(29-23(26)30-22)28-16-5-6-36-9-16/h8,14-16,18-20,32H,5-7,9-13H2,1-4H3,(H,28,29,30)/t16?,18-,19+,20+/m0/s1. The van der Waals surface area contributed by atoms with Crippen LogP contribution in [-0.4, -0.2) is 107 Å². The molecule has 4 rings (SSSR count). The molecule has 2 fully saturated rings. The van der Waals surface area contributed by atoms with Gasteiger partial charge in [0, 0.05) is 13.0 Å². The van der Waals surface area contributed by atoms with Crippen molar-refractivity contribution in [3.05, 3.63) is 11.5 Å². The molecule has 45 heavy (non-hydrogen) atoms. The zero-order valence-corrected chi connectivity index (χ0v) is 26.8. The van der Waals surface area contributed by atoms with E-state index in [9.17, 15) is 19.3 Å². The Morgan fingerprint density at radius 1 is 1.13 bits per heavy atom. The molecule has 2 aromatic rings. The Labute approximate surface area is 263 Å². The van der Waals surface area contributed by atoms with Crippen LogP contribution in [0.1, 0.15) is 46.8 Å². The maximum Gasteiger partial charge on any atom is 0.510 e. The van der Waals surface area contributed by atoms with Crippen molar-refractivity contribution in [2.24, 2.45) is 0 Å². The van der Waals surface area contributed by atoms with Crippen molar-refractivity contribution < 1.29 is 61.5 Å². The van der Waals surface area contributed by atoms with Crippen LogP contribution in [0.5, 0.6) is 0 Å². The molecule has 0 aromatic carbocycles. The van der Waals surface area contributed by atoms with Gasteiger partial charge < -0.3 is 43.6 Å². The Morgan fingerprint density at radius 3 is 2.40 bits per heavy atom. The molecule has 2 aromatic heterocycles. The van der Waals surface area contributed by atoms with E-state index in [1.165, 1.54) is 4.68 Å². The van der Waals surface area contributed by atoms with E-state index in [0.717, 1.165) is 6.42 Å². The molecule has 2 N–H and O–H groups in total. The predicted molar refractivity (Wildman–Crippen MR) is 153 cm³/mol. The average Bonchev–Trinajstić information content (AvgIpc) is 3.68. The Hall–Kier alpha value is -2.83. The summed E-state index contributed by atoms with van der Waals surface area (Å²) in [5.41, 5.74) is 0.397. The molecule has 1 unspecified atom stereocenters. The molecule has 252 valence electrons. The number of nitrogens with one attached hydrogen (secondary N) is 1. The monoisotopic (exact) mass is 681 g/mol. The van der Waals surface area contributed by atoms with Crippen molar-refractivity contribution in [2.45, 2.75) is 77.2 Å². The van der Waals surface area contributed by atoms with Gasteiger partial charge in [-0.3, -0.25) is 13.6 Å². The number of aliphatic hydroxyl groups excluding tert-OH is 1. The molecule has 0 bridgehead atoms. The number of fused-ring (bicyclic) bond motifs is 1. The third kappa shape index (κ3) is 10.3. The highest BCUT2D eigenvalue weighted by Crippen LogP contribution is 2.48. The second kappa shape index (κ2) is 16.1. The van der Waals surface area contributed by atoms with Gasteiger partial charge in [-0.25, -0.2) is 14.3 Å². The zero-order valence-electron chi connectivity index (χ0n) is 25.2. The third-order valence-electron chi connectivity index (χ3n) is 6.22. The molecule has 18 nitrogen and oxygen atoms in total. The average molecular weight is 682 g/mol. The molecular weight excluding hydrogens is 645 g/mol. The molecule has 20 heteroatoms. The summed E-state index contributed by atoms with van der Waals surface area (Å²) in [5.74, 6) is 0.504. The summed E-state index contributed by atoms with van der Waals surface area (Å²) >= 11 is 6.20. The number of hydrogen-bond donors (Lipinski definition) is 2. The fourth-order valence-corrected chi connectivity index (χ4v) is 5.37. The lowest BCUT2D eigenvalue weighted by Crippen LogP contribution is -2.27. The topological polar surface area (TPSA) is 210 Å². The quantitative estimate of drug-likeness (QED) is 0.119. The number of carbonyl (C=O) groups excluding carboxylic acids is 2. The molecule has 2 aliphatic rings. The van der Waals surface area contributed by atoms with Gasteiger partial charge in [-0.15, -0.1) is 0 Å². The number of rotatable bonds is 15. The molecule has 0 aliphatic carbocycles. The van der Waals surface area contributed by atoms with Crippen molar-refractivity contribution in [1.29, 1.82) is 0 Å². The molecule has 2 aliphatic heterocycles. The molecular formula is C25H37ClN5O13P. The minimum atomic E-state index is -4.19. The maximum absolute atomic E-state index is 13.3. The summed E-state index contributed by atoms with van der Waals surface area (Å²) in [7, 11) is -4.19. The summed E-state index contributed by atoms with van der Waals surface area (Å²) < 4.78 is 61.1. The van der Waals surface area contributed by atoms with Gasteiger partial charge in [-0.1, -0.05) is 0 Å². The second-order valence-electron chi connectivity index (χ2n) is 10.5. The van der Waals surface area contributed by atoms with Gasteiger partial charge in [-0.2, -0.15) is 15.1 Å².